The van der Waals surface area contributed by atoms with Crippen molar-refractivity contribution < 1.29 is 9.59 Å². The summed E-state index contributed by atoms with van der Waals surface area (Å²) in [5.74, 6) is 0.291. The van der Waals surface area contributed by atoms with Gasteiger partial charge in [-0.3, -0.25) is 9.69 Å². The van der Waals surface area contributed by atoms with Gasteiger partial charge in [0.05, 0.1) is 6.54 Å². The second-order valence-corrected chi connectivity index (χ2v) is 10.1. The Morgan fingerprint density at radius 2 is 1.81 bits per heavy atom. The van der Waals surface area contributed by atoms with E-state index in [0.29, 0.717) is 30.3 Å². The molecular formula is C24H28N4O2S2. The zero-order valence-corrected chi connectivity index (χ0v) is 19.5. The first kappa shape index (κ1) is 22.5. The van der Waals surface area contributed by atoms with E-state index < -0.39 is 0 Å². The van der Waals surface area contributed by atoms with Crippen LogP contribution in [-0.2, 0) is 13.1 Å². The fourth-order valence-corrected chi connectivity index (χ4v) is 5.31. The summed E-state index contributed by atoms with van der Waals surface area (Å²) in [5.41, 5.74) is 1.13. The highest BCUT2D eigenvalue weighted by Gasteiger charge is 2.20. The van der Waals surface area contributed by atoms with Crippen LogP contribution in [0.1, 0.15) is 33.0 Å². The van der Waals surface area contributed by atoms with Gasteiger partial charge in [0.1, 0.15) is 0 Å². The van der Waals surface area contributed by atoms with Crippen molar-refractivity contribution in [1.82, 2.24) is 15.5 Å². The quantitative estimate of drug-likeness (QED) is 0.446. The molecule has 0 radical (unpaired) electrons. The van der Waals surface area contributed by atoms with Gasteiger partial charge < -0.3 is 16.0 Å². The van der Waals surface area contributed by atoms with Crippen molar-refractivity contribution in [2.24, 2.45) is 5.92 Å². The summed E-state index contributed by atoms with van der Waals surface area (Å²) >= 11 is 3.40. The second kappa shape index (κ2) is 11.3. The Morgan fingerprint density at radius 3 is 2.59 bits per heavy atom. The average Bonchev–Trinajstić information content (AvgIpc) is 3.51. The summed E-state index contributed by atoms with van der Waals surface area (Å²) in [6, 6.07) is 15.0. The zero-order valence-electron chi connectivity index (χ0n) is 17.9. The number of nitrogens with zero attached hydrogens (tertiary/aromatic N) is 1. The first-order chi connectivity index (χ1) is 15.7. The van der Waals surface area contributed by atoms with E-state index in [2.05, 4.69) is 38.4 Å². The van der Waals surface area contributed by atoms with Crippen molar-refractivity contribution in [3.63, 3.8) is 0 Å². The van der Waals surface area contributed by atoms with Crippen molar-refractivity contribution in [2.45, 2.75) is 25.9 Å². The first-order valence-corrected chi connectivity index (χ1v) is 12.6. The molecule has 0 aliphatic carbocycles. The van der Waals surface area contributed by atoms with Crippen LogP contribution in [0.3, 0.4) is 0 Å². The molecule has 8 heteroatoms. The van der Waals surface area contributed by atoms with Gasteiger partial charge in [-0.05, 0) is 66.4 Å². The van der Waals surface area contributed by atoms with Gasteiger partial charge >= 0.3 is 6.03 Å². The van der Waals surface area contributed by atoms with E-state index in [4.69, 9.17) is 0 Å². The van der Waals surface area contributed by atoms with E-state index in [9.17, 15) is 9.59 Å². The number of anilines is 1. The van der Waals surface area contributed by atoms with Crippen molar-refractivity contribution in [1.29, 1.82) is 0 Å². The summed E-state index contributed by atoms with van der Waals surface area (Å²) in [6.45, 7) is 4.25. The highest BCUT2D eigenvalue weighted by Crippen LogP contribution is 2.20. The summed E-state index contributed by atoms with van der Waals surface area (Å²) in [4.78, 5) is 29.8. The van der Waals surface area contributed by atoms with Crippen LogP contribution in [0.25, 0.3) is 0 Å². The summed E-state index contributed by atoms with van der Waals surface area (Å²) in [7, 11) is 0. The number of piperidine rings is 1. The topological polar surface area (TPSA) is 73.5 Å². The SMILES string of the molecule is O=C(NCC1CCCN(Cc2cccs2)C1)Nc1cccc(C(=O)NCc2cccs2)c1. The number of rotatable bonds is 8. The van der Waals surface area contributed by atoms with Gasteiger partial charge in [0.25, 0.3) is 5.91 Å². The number of hydrogen-bond acceptors (Lipinski definition) is 5. The molecule has 0 spiro atoms. The zero-order chi connectivity index (χ0) is 22.2. The van der Waals surface area contributed by atoms with E-state index in [1.54, 1.807) is 46.9 Å². The first-order valence-electron chi connectivity index (χ1n) is 10.9. The summed E-state index contributed by atoms with van der Waals surface area (Å²) < 4.78 is 0. The largest absolute Gasteiger partial charge is 0.347 e. The lowest BCUT2D eigenvalue weighted by molar-refractivity contribution is 0.0951. The lowest BCUT2D eigenvalue weighted by atomic mass is 9.98. The van der Waals surface area contributed by atoms with Crippen molar-refractivity contribution in [3.05, 3.63) is 74.6 Å². The van der Waals surface area contributed by atoms with Crippen LogP contribution >= 0.6 is 22.7 Å². The molecule has 3 aromatic rings. The Labute approximate surface area is 196 Å². The average molecular weight is 469 g/mol. The Bertz CT molecular complexity index is 1000. The maximum Gasteiger partial charge on any atom is 0.319 e. The fraction of sp³-hybridized carbons (Fsp3) is 0.333. The second-order valence-electron chi connectivity index (χ2n) is 8.00. The van der Waals surface area contributed by atoms with Crippen LogP contribution in [0, 0.1) is 5.92 Å². The van der Waals surface area contributed by atoms with Gasteiger partial charge in [-0.1, -0.05) is 18.2 Å². The molecule has 1 saturated heterocycles. The van der Waals surface area contributed by atoms with Gasteiger partial charge in [0, 0.05) is 40.6 Å². The molecule has 3 heterocycles. The van der Waals surface area contributed by atoms with Crippen molar-refractivity contribution >= 4 is 40.3 Å². The molecule has 1 aromatic carbocycles. The molecule has 1 fully saturated rings. The van der Waals surface area contributed by atoms with Crippen LogP contribution in [0.15, 0.2) is 59.3 Å². The number of carbonyl (C=O) groups is 2. The van der Waals surface area contributed by atoms with Crippen LogP contribution in [-0.4, -0.2) is 36.5 Å². The predicted octanol–water partition coefficient (Wildman–Crippen LogP) is 4.77. The lowest BCUT2D eigenvalue weighted by Crippen LogP contribution is -2.41. The molecule has 0 saturated carbocycles. The molecule has 0 bridgehead atoms. The molecule has 32 heavy (non-hydrogen) atoms. The fourth-order valence-electron chi connectivity index (χ4n) is 3.92. The number of hydrogen-bond donors (Lipinski definition) is 3. The van der Waals surface area contributed by atoms with Crippen LogP contribution in [0.2, 0.25) is 0 Å². The number of likely N-dealkylation sites (tertiary alicyclic amines) is 1. The van der Waals surface area contributed by atoms with Crippen LogP contribution in [0.5, 0.6) is 0 Å². The maximum absolute atomic E-state index is 12.4. The van der Waals surface area contributed by atoms with E-state index in [0.717, 1.165) is 37.4 Å². The van der Waals surface area contributed by atoms with Gasteiger partial charge in [-0.25, -0.2) is 4.79 Å². The lowest BCUT2D eigenvalue weighted by Gasteiger charge is -2.32. The van der Waals surface area contributed by atoms with Gasteiger partial charge in [0.15, 0.2) is 0 Å². The number of urea groups is 1. The number of carbonyl (C=O) groups excluding carboxylic acids is 2. The molecule has 1 aliphatic heterocycles. The summed E-state index contributed by atoms with van der Waals surface area (Å²) in [5, 5.41) is 12.9. The molecule has 3 N–H and O–H groups in total. The van der Waals surface area contributed by atoms with E-state index >= 15 is 0 Å². The van der Waals surface area contributed by atoms with E-state index in [-0.39, 0.29) is 11.9 Å². The van der Waals surface area contributed by atoms with Gasteiger partial charge in [0.2, 0.25) is 0 Å². The monoisotopic (exact) mass is 468 g/mol. The Hall–Kier alpha value is -2.68. The molecule has 1 unspecified atom stereocenters. The normalized spacial score (nSPS) is 16.4. The molecule has 1 atom stereocenters. The number of thiophene rings is 2. The minimum Gasteiger partial charge on any atom is -0.347 e. The number of nitrogens with one attached hydrogen (secondary N) is 3. The predicted molar refractivity (Wildman–Crippen MR) is 131 cm³/mol. The molecule has 3 amide bonds. The molecule has 6 nitrogen and oxygen atoms in total. The van der Waals surface area contributed by atoms with Crippen LogP contribution in [0.4, 0.5) is 10.5 Å². The van der Waals surface area contributed by atoms with Crippen molar-refractivity contribution in [3.8, 4) is 0 Å². The minimum atomic E-state index is -0.239. The maximum atomic E-state index is 12.4. The number of amides is 3. The van der Waals surface area contributed by atoms with Gasteiger partial charge in [-0.2, -0.15) is 0 Å². The molecular weight excluding hydrogens is 440 g/mol. The van der Waals surface area contributed by atoms with Crippen molar-refractivity contribution in [2.75, 3.05) is 25.0 Å². The smallest absolute Gasteiger partial charge is 0.319 e. The molecule has 168 valence electrons. The third kappa shape index (κ3) is 6.66. The minimum absolute atomic E-state index is 0.157. The Balaban J connectivity index is 1.22. The third-order valence-electron chi connectivity index (χ3n) is 5.50. The highest BCUT2D eigenvalue weighted by molar-refractivity contribution is 7.10. The summed E-state index contributed by atoms with van der Waals surface area (Å²) in [6.07, 6.45) is 2.28. The molecule has 2 aromatic heterocycles. The third-order valence-corrected chi connectivity index (χ3v) is 7.24. The number of benzene rings is 1. The van der Waals surface area contributed by atoms with Gasteiger partial charge in [-0.15, -0.1) is 22.7 Å². The van der Waals surface area contributed by atoms with Crippen LogP contribution < -0.4 is 16.0 Å². The standard InChI is InChI=1S/C24H28N4O2S2/c29-23(25-15-21-8-3-11-31-21)19-6-1-7-20(13-19)27-24(30)26-14-18-5-2-10-28(16-18)17-22-9-4-12-32-22/h1,3-4,6-9,11-13,18H,2,5,10,14-17H2,(H,25,29)(H2,26,27,30). The van der Waals surface area contributed by atoms with E-state index in [1.807, 2.05) is 17.5 Å². The Kier molecular flexibility index (Phi) is 7.92. The Morgan fingerprint density at radius 1 is 1.00 bits per heavy atom. The van der Waals surface area contributed by atoms with E-state index in [1.165, 1.54) is 4.88 Å². The molecule has 1 aliphatic rings. The highest BCUT2D eigenvalue weighted by atomic mass is 32.1. The molecule has 4 rings (SSSR count).